The van der Waals surface area contributed by atoms with E-state index in [0.717, 1.165) is 39.7 Å². The number of para-hydroxylation sites is 2. The Morgan fingerprint density at radius 1 is 0.346 bits per heavy atom. The van der Waals surface area contributed by atoms with Crippen molar-refractivity contribution in [3.05, 3.63) is 222 Å². The summed E-state index contributed by atoms with van der Waals surface area (Å²) in [5, 5.41) is 0. The van der Waals surface area contributed by atoms with Gasteiger partial charge in [0.1, 0.15) is 11.5 Å². The molecule has 0 aromatic heterocycles. The number of nitrogens with zero attached hydrogens (tertiary/aromatic N) is 1. The Kier molecular flexibility index (Phi) is 7.33. The smallest absolute Gasteiger partial charge is 0.132 e. The van der Waals surface area contributed by atoms with Crippen molar-refractivity contribution in [1.29, 1.82) is 0 Å². The molecule has 10 rings (SSSR count). The zero-order valence-electron chi connectivity index (χ0n) is 28.3. The van der Waals surface area contributed by atoms with Crippen LogP contribution in [0.3, 0.4) is 0 Å². The summed E-state index contributed by atoms with van der Waals surface area (Å²) >= 11 is 1.86. The van der Waals surface area contributed by atoms with Crippen molar-refractivity contribution in [2.75, 3.05) is 4.90 Å². The molecule has 52 heavy (non-hydrogen) atoms. The van der Waals surface area contributed by atoms with Crippen molar-refractivity contribution >= 4 is 28.8 Å². The standard InChI is InChI=1S/C49H33NOS/c1-4-14-34(15-5-1)36-24-27-39(28-25-36)50(38-18-8-3-9-19-38)40-29-30-46-43(33-40)49(41-20-10-12-22-45(41)51-46)42-21-11-13-23-47(42)52-48-31-26-37(32-44(48)49)35-16-6-2-7-17-35/h1-33H. The van der Waals surface area contributed by atoms with Gasteiger partial charge in [-0.3, -0.25) is 0 Å². The third kappa shape index (κ3) is 4.89. The van der Waals surface area contributed by atoms with E-state index in [1.54, 1.807) is 0 Å². The molecule has 0 fully saturated rings. The van der Waals surface area contributed by atoms with Gasteiger partial charge in [0.25, 0.3) is 0 Å². The zero-order chi connectivity index (χ0) is 34.5. The second-order valence-corrected chi connectivity index (χ2v) is 14.4. The molecule has 2 aliphatic heterocycles. The molecule has 1 unspecified atom stereocenters. The average molecular weight is 684 g/mol. The van der Waals surface area contributed by atoms with Crippen LogP contribution in [-0.2, 0) is 5.41 Å². The van der Waals surface area contributed by atoms with Crippen molar-refractivity contribution in [3.8, 4) is 33.8 Å². The summed E-state index contributed by atoms with van der Waals surface area (Å²) in [6.45, 7) is 0. The van der Waals surface area contributed by atoms with E-state index < -0.39 is 5.41 Å². The molecule has 2 aliphatic rings. The second kappa shape index (κ2) is 12.5. The van der Waals surface area contributed by atoms with Gasteiger partial charge in [-0.05, 0) is 100 Å². The maximum atomic E-state index is 6.84. The van der Waals surface area contributed by atoms with Crippen molar-refractivity contribution in [2.45, 2.75) is 15.2 Å². The molecule has 0 amide bonds. The highest BCUT2D eigenvalue weighted by Gasteiger charge is 2.50. The van der Waals surface area contributed by atoms with E-state index in [9.17, 15) is 0 Å². The molecule has 3 heteroatoms. The van der Waals surface area contributed by atoms with Crippen LogP contribution < -0.4 is 9.64 Å². The monoisotopic (exact) mass is 683 g/mol. The lowest BCUT2D eigenvalue weighted by atomic mass is 9.63. The summed E-state index contributed by atoms with van der Waals surface area (Å²) in [5.74, 6) is 1.75. The first kappa shape index (κ1) is 30.5. The molecule has 1 atom stereocenters. The molecule has 0 saturated carbocycles. The maximum absolute atomic E-state index is 6.84. The van der Waals surface area contributed by atoms with Crippen LogP contribution >= 0.6 is 11.8 Å². The quantitative estimate of drug-likeness (QED) is 0.179. The summed E-state index contributed by atoms with van der Waals surface area (Å²) in [6.07, 6.45) is 0. The van der Waals surface area contributed by atoms with Crippen LogP contribution in [0.4, 0.5) is 17.1 Å². The van der Waals surface area contributed by atoms with Crippen molar-refractivity contribution < 1.29 is 4.74 Å². The van der Waals surface area contributed by atoms with Crippen LogP contribution in [-0.4, -0.2) is 0 Å². The molecule has 0 N–H and O–H groups in total. The molecule has 1 spiro atoms. The molecule has 8 aromatic carbocycles. The van der Waals surface area contributed by atoms with Gasteiger partial charge in [0.2, 0.25) is 0 Å². The van der Waals surface area contributed by atoms with Crippen LogP contribution in [0.1, 0.15) is 22.3 Å². The van der Waals surface area contributed by atoms with Crippen LogP contribution in [0.2, 0.25) is 0 Å². The Hall–Kier alpha value is -6.29. The highest BCUT2D eigenvalue weighted by Crippen LogP contribution is 2.62. The molecule has 246 valence electrons. The number of benzene rings is 8. The zero-order valence-corrected chi connectivity index (χ0v) is 29.1. The fourth-order valence-corrected chi connectivity index (χ4v) is 9.23. The predicted molar refractivity (Wildman–Crippen MR) is 215 cm³/mol. The third-order valence-corrected chi connectivity index (χ3v) is 11.5. The highest BCUT2D eigenvalue weighted by atomic mass is 32.2. The Morgan fingerprint density at radius 2 is 0.865 bits per heavy atom. The van der Waals surface area contributed by atoms with Gasteiger partial charge >= 0.3 is 0 Å². The first-order valence-electron chi connectivity index (χ1n) is 17.7. The number of anilines is 3. The first-order valence-corrected chi connectivity index (χ1v) is 18.5. The summed E-state index contributed by atoms with van der Waals surface area (Å²) in [5.41, 5.74) is 12.2. The van der Waals surface area contributed by atoms with E-state index in [0.29, 0.717) is 0 Å². The lowest BCUT2D eigenvalue weighted by Gasteiger charge is -2.45. The van der Waals surface area contributed by atoms with Crippen molar-refractivity contribution in [1.82, 2.24) is 0 Å². The molecule has 0 bridgehead atoms. The molecular formula is C49H33NOS. The van der Waals surface area contributed by atoms with Gasteiger partial charge in [-0.2, -0.15) is 0 Å². The fourth-order valence-electron chi connectivity index (χ4n) is 8.06. The predicted octanol–water partition coefficient (Wildman–Crippen LogP) is 13.4. The van der Waals surface area contributed by atoms with E-state index in [1.807, 2.05) is 11.8 Å². The van der Waals surface area contributed by atoms with Gasteiger partial charge in [-0.15, -0.1) is 0 Å². The summed E-state index contributed by atoms with van der Waals surface area (Å²) in [6, 6.07) is 72.0. The Labute approximate surface area is 308 Å². The Bertz CT molecular complexity index is 2530. The molecule has 2 heterocycles. The number of hydrogen-bond acceptors (Lipinski definition) is 3. The Morgan fingerprint density at radius 3 is 1.62 bits per heavy atom. The number of rotatable bonds is 5. The molecule has 2 nitrogen and oxygen atoms in total. The lowest BCUT2D eigenvalue weighted by molar-refractivity contribution is 0.431. The minimum Gasteiger partial charge on any atom is -0.457 e. The number of hydrogen-bond donors (Lipinski definition) is 0. The van der Waals surface area contributed by atoms with Crippen molar-refractivity contribution in [3.63, 3.8) is 0 Å². The lowest BCUT2D eigenvalue weighted by Crippen LogP contribution is -2.37. The van der Waals surface area contributed by atoms with Crippen molar-refractivity contribution in [2.24, 2.45) is 0 Å². The van der Waals surface area contributed by atoms with Gasteiger partial charge in [0.05, 0.1) is 5.41 Å². The van der Waals surface area contributed by atoms with Crippen LogP contribution in [0.5, 0.6) is 11.5 Å². The molecule has 0 radical (unpaired) electrons. The van der Waals surface area contributed by atoms with Gasteiger partial charge in [0.15, 0.2) is 0 Å². The summed E-state index contributed by atoms with van der Waals surface area (Å²) < 4.78 is 6.84. The SMILES string of the molecule is c1ccc(-c2ccc(N(c3ccccc3)c3ccc4c(c3)C3(c5ccccc5O4)c4ccccc4Sc4ccc(-c5ccccc5)cc43)cc2)cc1. The summed E-state index contributed by atoms with van der Waals surface area (Å²) in [7, 11) is 0. The van der Waals surface area contributed by atoms with Crippen LogP contribution in [0.15, 0.2) is 210 Å². The maximum Gasteiger partial charge on any atom is 0.132 e. The highest BCUT2D eigenvalue weighted by molar-refractivity contribution is 7.99. The number of fused-ring (bicyclic) bond motifs is 8. The van der Waals surface area contributed by atoms with Crippen LogP contribution in [0, 0.1) is 0 Å². The van der Waals surface area contributed by atoms with Gasteiger partial charge in [0, 0.05) is 38.0 Å². The fraction of sp³-hybridized carbons (Fsp3) is 0.0204. The largest absolute Gasteiger partial charge is 0.457 e. The normalized spacial score (nSPS) is 15.1. The third-order valence-electron chi connectivity index (χ3n) is 10.4. The Balaban J connectivity index is 1.23. The molecule has 0 saturated heterocycles. The minimum absolute atomic E-state index is 0.623. The molecule has 0 aliphatic carbocycles. The molecule has 8 aromatic rings. The van der Waals surface area contributed by atoms with E-state index in [4.69, 9.17) is 4.74 Å². The first-order chi connectivity index (χ1) is 25.8. The minimum atomic E-state index is -0.623. The average Bonchev–Trinajstić information content (AvgIpc) is 3.22. The van der Waals surface area contributed by atoms with Gasteiger partial charge in [-0.1, -0.05) is 145 Å². The van der Waals surface area contributed by atoms with E-state index in [2.05, 4.69) is 205 Å². The van der Waals surface area contributed by atoms with Gasteiger partial charge in [-0.25, -0.2) is 0 Å². The second-order valence-electron chi connectivity index (χ2n) is 13.3. The number of ether oxygens (including phenoxy) is 1. The summed E-state index contributed by atoms with van der Waals surface area (Å²) in [4.78, 5) is 4.86. The topological polar surface area (TPSA) is 12.5 Å². The molecular weight excluding hydrogens is 651 g/mol. The van der Waals surface area contributed by atoms with E-state index >= 15 is 0 Å². The van der Waals surface area contributed by atoms with E-state index in [1.165, 1.54) is 43.2 Å². The van der Waals surface area contributed by atoms with Crippen LogP contribution in [0.25, 0.3) is 22.3 Å². The van der Waals surface area contributed by atoms with Gasteiger partial charge < -0.3 is 9.64 Å². The van der Waals surface area contributed by atoms with E-state index in [-0.39, 0.29) is 0 Å².